The van der Waals surface area contributed by atoms with Gasteiger partial charge in [-0.2, -0.15) is 0 Å². The maximum atomic E-state index is 10.6. The Morgan fingerprint density at radius 2 is 2.15 bits per heavy atom. The Morgan fingerprint density at radius 3 is 2.62 bits per heavy atom. The molecular weight excluding hydrogens is 174 g/mol. The number of rotatable bonds is 6. The van der Waals surface area contributed by atoms with Crippen LogP contribution in [0.1, 0.15) is 12.8 Å². The van der Waals surface area contributed by atoms with E-state index in [1.54, 1.807) is 0 Å². The smallest absolute Gasteiger partial charge is 0.245 e. The minimum atomic E-state index is -1.10. The highest BCUT2D eigenvalue weighted by molar-refractivity contribution is 5.86. The zero-order valence-electron chi connectivity index (χ0n) is 7.31. The van der Waals surface area contributed by atoms with Gasteiger partial charge in [0, 0.05) is 13.0 Å². The van der Waals surface area contributed by atoms with Crippen molar-refractivity contribution in [2.45, 2.75) is 25.2 Å². The molecule has 0 heterocycles. The van der Waals surface area contributed by atoms with Crippen LogP contribution in [-0.2, 0) is 4.79 Å². The number of carbonyl (C=O) groups excluding carboxylic acids is 1. The first-order valence-electron chi connectivity index (χ1n) is 4.00. The molecule has 0 radical (unpaired) electrons. The predicted molar refractivity (Wildman–Crippen MR) is 46.7 cm³/mol. The molecule has 0 aliphatic heterocycles. The van der Waals surface area contributed by atoms with Gasteiger partial charge < -0.3 is 20.6 Å². The maximum absolute atomic E-state index is 10.6. The summed E-state index contributed by atoms with van der Waals surface area (Å²) in [6.07, 6.45) is -0.708. The summed E-state index contributed by atoms with van der Waals surface area (Å²) in [7, 11) is 0. The van der Waals surface area contributed by atoms with E-state index in [0.29, 0.717) is 0 Å². The average molecular weight is 189 g/mol. The fourth-order valence-corrected chi connectivity index (χ4v) is 0.807. The molecule has 13 heavy (non-hydrogen) atoms. The second-order valence-corrected chi connectivity index (χ2v) is 2.63. The van der Waals surface area contributed by atoms with E-state index in [-0.39, 0.29) is 19.4 Å². The SMILES string of the molecule is C=CC(=O)NC(O)CC(O)CCO. The van der Waals surface area contributed by atoms with Crippen LogP contribution in [0, 0.1) is 0 Å². The van der Waals surface area contributed by atoms with Gasteiger partial charge in [-0.1, -0.05) is 6.58 Å². The Morgan fingerprint density at radius 1 is 1.54 bits per heavy atom. The molecule has 0 saturated heterocycles. The van der Waals surface area contributed by atoms with Gasteiger partial charge in [0.2, 0.25) is 5.91 Å². The number of aliphatic hydroxyl groups is 3. The lowest BCUT2D eigenvalue weighted by molar-refractivity contribution is -0.119. The molecule has 1 amide bonds. The first-order valence-corrected chi connectivity index (χ1v) is 4.00. The molecule has 0 aliphatic rings. The number of hydrogen-bond acceptors (Lipinski definition) is 4. The van der Waals surface area contributed by atoms with Crippen molar-refractivity contribution in [3.05, 3.63) is 12.7 Å². The van der Waals surface area contributed by atoms with Gasteiger partial charge in [-0.25, -0.2) is 0 Å². The van der Waals surface area contributed by atoms with Crippen LogP contribution in [0.2, 0.25) is 0 Å². The highest BCUT2D eigenvalue weighted by Gasteiger charge is 2.11. The molecule has 0 aromatic carbocycles. The number of carbonyl (C=O) groups is 1. The second-order valence-electron chi connectivity index (χ2n) is 2.63. The summed E-state index contributed by atoms with van der Waals surface area (Å²) in [5.41, 5.74) is 0. The summed E-state index contributed by atoms with van der Waals surface area (Å²) in [4.78, 5) is 10.6. The molecule has 5 nitrogen and oxygen atoms in total. The Hall–Kier alpha value is -0.910. The first kappa shape index (κ1) is 12.1. The fraction of sp³-hybridized carbons (Fsp3) is 0.625. The Labute approximate surface area is 76.7 Å². The van der Waals surface area contributed by atoms with Crippen LogP contribution in [0.5, 0.6) is 0 Å². The molecule has 0 aromatic rings. The topological polar surface area (TPSA) is 89.8 Å². The molecule has 2 atom stereocenters. The summed E-state index contributed by atoms with van der Waals surface area (Å²) < 4.78 is 0. The molecule has 0 aromatic heterocycles. The Bertz CT molecular complexity index is 172. The third kappa shape index (κ3) is 6.27. The fourth-order valence-electron chi connectivity index (χ4n) is 0.807. The van der Waals surface area contributed by atoms with E-state index < -0.39 is 18.2 Å². The molecule has 2 unspecified atom stereocenters. The van der Waals surface area contributed by atoms with Crippen LogP contribution in [0.3, 0.4) is 0 Å². The van der Waals surface area contributed by atoms with Crippen molar-refractivity contribution in [1.82, 2.24) is 5.32 Å². The zero-order valence-corrected chi connectivity index (χ0v) is 7.31. The van der Waals surface area contributed by atoms with Crippen molar-refractivity contribution in [3.8, 4) is 0 Å². The summed E-state index contributed by atoms with van der Waals surface area (Å²) in [5.74, 6) is -0.497. The lowest BCUT2D eigenvalue weighted by Gasteiger charge is -2.14. The summed E-state index contributed by atoms with van der Waals surface area (Å²) in [6.45, 7) is 3.05. The molecule has 0 aliphatic carbocycles. The quantitative estimate of drug-likeness (QED) is 0.310. The van der Waals surface area contributed by atoms with Gasteiger partial charge in [0.05, 0.1) is 6.10 Å². The van der Waals surface area contributed by atoms with Crippen LogP contribution in [-0.4, -0.2) is 40.2 Å². The van der Waals surface area contributed by atoms with Crippen molar-refractivity contribution < 1.29 is 20.1 Å². The number of aliphatic hydroxyl groups excluding tert-OH is 3. The highest BCUT2D eigenvalue weighted by atomic mass is 16.3. The Kier molecular flexibility index (Phi) is 6.13. The number of amides is 1. The van der Waals surface area contributed by atoms with Crippen LogP contribution in [0.4, 0.5) is 0 Å². The Balaban J connectivity index is 3.66. The van der Waals surface area contributed by atoms with Gasteiger partial charge in [-0.15, -0.1) is 0 Å². The van der Waals surface area contributed by atoms with Gasteiger partial charge in [-0.3, -0.25) is 4.79 Å². The van der Waals surface area contributed by atoms with Crippen LogP contribution in [0.25, 0.3) is 0 Å². The molecule has 4 N–H and O–H groups in total. The largest absolute Gasteiger partial charge is 0.396 e. The standard InChI is InChI=1S/C8H15NO4/c1-2-7(12)9-8(13)5-6(11)3-4-10/h2,6,8,10-11,13H,1,3-5H2,(H,9,12). The second kappa shape index (κ2) is 6.59. The van der Waals surface area contributed by atoms with E-state index >= 15 is 0 Å². The third-order valence-corrected chi connectivity index (χ3v) is 1.45. The average Bonchev–Trinajstić information content (AvgIpc) is 2.04. The van der Waals surface area contributed by atoms with E-state index in [0.717, 1.165) is 6.08 Å². The van der Waals surface area contributed by atoms with E-state index in [1.165, 1.54) is 0 Å². The minimum absolute atomic E-state index is 0.000139. The van der Waals surface area contributed by atoms with Gasteiger partial charge >= 0.3 is 0 Å². The van der Waals surface area contributed by atoms with Crippen LogP contribution in [0.15, 0.2) is 12.7 Å². The predicted octanol–water partition coefficient (Wildman–Crippen LogP) is -1.26. The summed E-state index contributed by atoms with van der Waals surface area (Å²) in [5, 5.41) is 28.8. The van der Waals surface area contributed by atoms with Crippen LogP contribution >= 0.6 is 0 Å². The summed E-state index contributed by atoms with van der Waals surface area (Å²) in [6, 6.07) is 0. The van der Waals surface area contributed by atoms with Crippen molar-refractivity contribution >= 4 is 5.91 Å². The molecule has 0 rings (SSSR count). The minimum Gasteiger partial charge on any atom is -0.396 e. The lowest BCUT2D eigenvalue weighted by atomic mass is 10.2. The molecule has 0 bridgehead atoms. The van der Waals surface area contributed by atoms with Crippen molar-refractivity contribution in [3.63, 3.8) is 0 Å². The monoisotopic (exact) mass is 189 g/mol. The molecular formula is C8H15NO4. The molecule has 5 heteroatoms. The number of hydrogen-bond donors (Lipinski definition) is 4. The molecule has 0 fully saturated rings. The van der Waals surface area contributed by atoms with Crippen molar-refractivity contribution in [1.29, 1.82) is 0 Å². The molecule has 0 saturated carbocycles. The first-order chi connectivity index (χ1) is 6.10. The van der Waals surface area contributed by atoms with Gasteiger partial charge in [0.15, 0.2) is 0 Å². The zero-order chi connectivity index (χ0) is 10.3. The van der Waals surface area contributed by atoms with Crippen molar-refractivity contribution in [2.75, 3.05) is 6.61 Å². The normalized spacial score (nSPS) is 14.7. The van der Waals surface area contributed by atoms with Crippen molar-refractivity contribution in [2.24, 2.45) is 0 Å². The van der Waals surface area contributed by atoms with Gasteiger partial charge in [0.25, 0.3) is 0 Å². The molecule has 76 valence electrons. The number of nitrogens with one attached hydrogen (secondary N) is 1. The molecule has 0 spiro atoms. The lowest BCUT2D eigenvalue weighted by Crippen LogP contribution is -2.36. The van der Waals surface area contributed by atoms with E-state index in [2.05, 4.69) is 11.9 Å². The van der Waals surface area contributed by atoms with E-state index in [1.807, 2.05) is 0 Å². The van der Waals surface area contributed by atoms with E-state index in [4.69, 9.17) is 15.3 Å². The maximum Gasteiger partial charge on any atom is 0.245 e. The van der Waals surface area contributed by atoms with Crippen LogP contribution < -0.4 is 5.32 Å². The van der Waals surface area contributed by atoms with Gasteiger partial charge in [0.1, 0.15) is 6.23 Å². The highest BCUT2D eigenvalue weighted by Crippen LogP contribution is 1.99. The summed E-state index contributed by atoms with van der Waals surface area (Å²) >= 11 is 0. The third-order valence-electron chi connectivity index (χ3n) is 1.45. The van der Waals surface area contributed by atoms with Gasteiger partial charge in [-0.05, 0) is 12.5 Å². The van der Waals surface area contributed by atoms with E-state index in [9.17, 15) is 4.79 Å².